The highest BCUT2D eigenvalue weighted by Gasteiger charge is 2.35. The van der Waals surface area contributed by atoms with Crippen LogP contribution in [0.2, 0.25) is 10.0 Å². The Balaban J connectivity index is 1.81. The second kappa shape index (κ2) is 14.5. The standard InChI is InChI=1S/C26H33BBrCl2N3O4/c1-17(2)13-24(27-36-11-9-33(3)10-12-37-27)32-26(35)23(14-18-7-5-4-6-8-18)31-25(34)19-15-20(28)22(30)16-21(19)29/h4-8,15-17,23-24H,9-14H2,1-3H3,(H,31,34)(H,32,35)/t23-,24-/m0/s1. The van der Waals surface area contributed by atoms with Crippen molar-refractivity contribution in [3.63, 3.8) is 0 Å². The molecule has 37 heavy (non-hydrogen) atoms. The molecule has 11 heteroatoms. The van der Waals surface area contributed by atoms with Crippen LogP contribution in [0.1, 0.15) is 36.2 Å². The molecule has 0 aromatic heterocycles. The maximum Gasteiger partial charge on any atom is 0.480 e. The summed E-state index contributed by atoms with van der Waals surface area (Å²) in [7, 11) is 1.44. The van der Waals surface area contributed by atoms with E-state index in [1.165, 1.54) is 6.07 Å². The minimum Gasteiger partial charge on any atom is -0.408 e. The van der Waals surface area contributed by atoms with Crippen molar-refractivity contribution in [2.45, 2.75) is 38.7 Å². The molecule has 1 fully saturated rings. The highest BCUT2D eigenvalue weighted by molar-refractivity contribution is 9.10. The molecule has 2 aromatic carbocycles. The molecule has 2 aromatic rings. The normalized spacial score (nSPS) is 16.6. The first kappa shape index (κ1) is 29.9. The Morgan fingerprint density at radius 1 is 1.05 bits per heavy atom. The summed E-state index contributed by atoms with van der Waals surface area (Å²) in [6.45, 7) is 6.73. The fourth-order valence-corrected chi connectivity index (χ4v) is 4.87. The van der Waals surface area contributed by atoms with Crippen LogP contribution in [0.15, 0.2) is 46.9 Å². The molecule has 0 radical (unpaired) electrons. The van der Waals surface area contributed by atoms with Gasteiger partial charge >= 0.3 is 7.12 Å². The van der Waals surface area contributed by atoms with E-state index in [0.717, 1.165) is 18.7 Å². The molecule has 0 aliphatic carbocycles. The van der Waals surface area contributed by atoms with Crippen molar-refractivity contribution in [3.05, 3.63) is 68.1 Å². The van der Waals surface area contributed by atoms with Crippen LogP contribution in [-0.2, 0) is 20.5 Å². The highest BCUT2D eigenvalue weighted by Crippen LogP contribution is 2.29. The third-order valence-electron chi connectivity index (χ3n) is 6.05. The zero-order chi connectivity index (χ0) is 26.9. The molecule has 3 rings (SSSR count). The van der Waals surface area contributed by atoms with Gasteiger partial charge in [-0.25, -0.2) is 0 Å². The van der Waals surface area contributed by atoms with E-state index in [4.69, 9.17) is 32.5 Å². The van der Waals surface area contributed by atoms with Crippen molar-refractivity contribution in [1.82, 2.24) is 15.5 Å². The molecule has 2 atom stereocenters. The highest BCUT2D eigenvalue weighted by atomic mass is 79.9. The van der Waals surface area contributed by atoms with Crippen LogP contribution in [0.4, 0.5) is 0 Å². The first-order chi connectivity index (χ1) is 17.6. The Morgan fingerprint density at radius 3 is 2.32 bits per heavy atom. The predicted molar refractivity (Wildman–Crippen MR) is 152 cm³/mol. The maximum absolute atomic E-state index is 13.7. The third kappa shape index (κ3) is 9.27. The number of carbonyl (C=O) groups excluding carboxylic acids is 2. The number of nitrogens with zero attached hydrogens (tertiary/aromatic N) is 1. The van der Waals surface area contributed by atoms with Gasteiger partial charge in [0.1, 0.15) is 6.04 Å². The Labute approximate surface area is 237 Å². The van der Waals surface area contributed by atoms with Gasteiger partial charge in [-0.15, -0.1) is 0 Å². The lowest BCUT2D eigenvalue weighted by Crippen LogP contribution is -2.57. The molecule has 1 aliphatic heterocycles. The fourth-order valence-electron chi connectivity index (χ4n) is 4.06. The lowest BCUT2D eigenvalue weighted by molar-refractivity contribution is -0.123. The van der Waals surface area contributed by atoms with Crippen molar-refractivity contribution < 1.29 is 18.9 Å². The number of likely N-dealkylation sites (N-methyl/N-ethyl adjacent to an activating group) is 1. The van der Waals surface area contributed by atoms with Crippen LogP contribution < -0.4 is 10.6 Å². The Kier molecular flexibility index (Phi) is 11.7. The topological polar surface area (TPSA) is 79.9 Å². The van der Waals surface area contributed by atoms with Gasteiger partial charge in [-0.1, -0.05) is 67.4 Å². The largest absolute Gasteiger partial charge is 0.480 e. The molecule has 0 bridgehead atoms. The molecule has 1 heterocycles. The van der Waals surface area contributed by atoms with Gasteiger partial charge < -0.3 is 24.8 Å². The van der Waals surface area contributed by atoms with Crippen LogP contribution in [0.25, 0.3) is 0 Å². The van der Waals surface area contributed by atoms with E-state index in [0.29, 0.717) is 35.6 Å². The van der Waals surface area contributed by atoms with Crippen LogP contribution >= 0.6 is 39.1 Å². The lowest BCUT2D eigenvalue weighted by Gasteiger charge is -2.31. The number of hydrogen-bond donors (Lipinski definition) is 2. The van der Waals surface area contributed by atoms with Gasteiger partial charge in [0, 0.05) is 37.2 Å². The summed E-state index contributed by atoms with van der Waals surface area (Å²) >= 11 is 15.7. The Bertz CT molecular complexity index is 1050. The van der Waals surface area contributed by atoms with E-state index in [9.17, 15) is 9.59 Å². The third-order valence-corrected chi connectivity index (χ3v) is 7.56. The number of rotatable bonds is 9. The minimum absolute atomic E-state index is 0.198. The summed E-state index contributed by atoms with van der Waals surface area (Å²) in [5.74, 6) is -0.879. The van der Waals surface area contributed by atoms with Gasteiger partial charge in [0.05, 0.1) is 21.5 Å². The van der Waals surface area contributed by atoms with Gasteiger partial charge in [0.25, 0.3) is 5.91 Å². The molecule has 2 N–H and O–H groups in total. The van der Waals surface area contributed by atoms with Gasteiger partial charge in [-0.2, -0.15) is 0 Å². The Morgan fingerprint density at radius 2 is 1.70 bits per heavy atom. The molecule has 2 amide bonds. The van der Waals surface area contributed by atoms with Crippen LogP contribution in [0.5, 0.6) is 0 Å². The Hall–Kier alpha value is -1.62. The fraction of sp³-hybridized carbons (Fsp3) is 0.462. The van der Waals surface area contributed by atoms with Crippen LogP contribution in [0.3, 0.4) is 0 Å². The molecule has 0 unspecified atom stereocenters. The summed E-state index contributed by atoms with van der Waals surface area (Å²) in [6, 6.07) is 11.7. The minimum atomic E-state index is -0.852. The number of carbonyl (C=O) groups is 2. The second-order valence-electron chi connectivity index (χ2n) is 9.62. The molecule has 7 nitrogen and oxygen atoms in total. The van der Waals surface area contributed by atoms with E-state index in [2.05, 4.69) is 45.3 Å². The average molecular weight is 613 g/mol. The van der Waals surface area contributed by atoms with Crippen molar-refractivity contribution in [2.24, 2.45) is 5.92 Å². The summed E-state index contributed by atoms with van der Waals surface area (Å²) in [5, 5.41) is 6.57. The molecule has 0 saturated carbocycles. The van der Waals surface area contributed by atoms with E-state index in [1.807, 2.05) is 37.4 Å². The first-order valence-corrected chi connectivity index (χ1v) is 13.9. The summed E-state index contributed by atoms with van der Waals surface area (Å²) in [5.41, 5.74) is 1.13. The zero-order valence-corrected chi connectivity index (χ0v) is 24.4. The lowest BCUT2D eigenvalue weighted by atomic mass is 9.73. The average Bonchev–Trinajstić information content (AvgIpc) is 2.83. The number of nitrogens with one attached hydrogen (secondary N) is 2. The molecule has 1 aliphatic rings. The summed E-state index contributed by atoms with van der Waals surface area (Å²) in [4.78, 5) is 29.0. The summed E-state index contributed by atoms with van der Waals surface area (Å²) < 4.78 is 12.5. The van der Waals surface area contributed by atoms with Crippen molar-refractivity contribution >= 4 is 58.1 Å². The summed E-state index contributed by atoms with van der Waals surface area (Å²) in [6.07, 6.45) is 0.963. The first-order valence-electron chi connectivity index (χ1n) is 12.4. The molecule has 1 saturated heterocycles. The van der Waals surface area contributed by atoms with Gasteiger partial charge in [0.15, 0.2) is 0 Å². The predicted octanol–water partition coefficient (Wildman–Crippen LogP) is 4.63. The number of benzene rings is 2. The van der Waals surface area contributed by atoms with Gasteiger partial charge in [0.2, 0.25) is 5.91 Å². The molecule has 200 valence electrons. The van der Waals surface area contributed by atoms with E-state index >= 15 is 0 Å². The second-order valence-corrected chi connectivity index (χ2v) is 11.3. The van der Waals surface area contributed by atoms with E-state index in [1.54, 1.807) is 6.07 Å². The van der Waals surface area contributed by atoms with Crippen LogP contribution in [-0.4, -0.2) is 69.2 Å². The molecule has 0 spiro atoms. The number of hydrogen-bond acceptors (Lipinski definition) is 5. The quantitative estimate of drug-likeness (QED) is 0.319. The smallest absolute Gasteiger partial charge is 0.408 e. The number of amides is 2. The molecular formula is C26H33BBrCl2N3O4. The van der Waals surface area contributed by atoms with Gasteiger partial charge in [-0.3, -0.25) is 9.59 Å². The van der Waals surface area contributed by atoms with Crippen molar-refractivity contribution in [3.8, 4) is 0 Å². The van der Waals surface area contributed by atoms with E-state index in [-0.39, 0.29) is 28.4 Å². The monoisotopic (exact) mass is 611 g/mol. The zero-order valence-electron chi connectivity index (χ0n) is 21.3. The van der Waals surface area contributed by atoms with Crippen LogP contribution in [0, 0.1) is 5.92 Å². The van der Waals surface area contributed by atoms with E-state index < -0.39 is 19.1 Å². The van der Waals surface area contributed by atoms with Crippen molar-refractivity contribution in [2.75, 3.05) is 33.4 Å². The number of halogens is 3. The SMILES string of the molecule is CC(C)C[C@H](NC(=O)[C@H](Cc1ccccc1)NC(=O)c1cc(Br)c(Cl)cc1Cl)B1OCCN(C)CCO1. The van der Waals surface area contributed by atoms with Crippen molar-refractivity contribution in [1.29, 1.82) is 0 Å². The maximum atomic E-state index is 13.7. The molecular weight excluding hydrogens is 580 g/mol. The van der Waals surface area contributed by atoms with Gasteiger partial charge in [-0.05, 0) is 53.0 Å².